The quantitative estimate of drug-likeness (QED) is 0.852. The van der Waals surface area contributed by atoms with Gasteiger partial charge < -0.3 is 10.3 Å². The molecule has 0 aliphatic rings. The summed E-state index contributed by atoms with van der Waals surface area (Å²) in [7, 11) is 0. The Morgan fingerprint density at radius 2 is 1.81 bits per heavy atom. The SMILES string of the molecule is CC(=O)c1c(C)[nH]c(C(=O)Nc2ccc(F)c(F)c2)c1C. The van der Waals surface area contributed by atoms with Crippen LogP contribution in [-0.4, -0.2) is 16.7 Å². The fourth-order valence-electron chi connectivity index (χ4n) is 2.27. The minimum Gasteiger partial charge on any atom is -0.354 e. The molecule has 0 radical (unpaired) electrons. The number of aryl methyl sites for hydroxylation is 1. The van der Waals surface area contributed by atoms with Crippen molar-refractivity contribution in [1.29, 1.82) is 0 Å². The molecule has 0 bridgehead atoms. The fraction of sp³-hybridized carbons (Fsp3) is 0.200. The van der Waals surface area contributed by atoms with Crippen LogP contribution in [0.1, 0.15) is 39.0 Å². The van der Waals surface area contributed by atoms with Gasteiger partial charge in [-0.1, -0.05) is 0 Å². The van der Waals surface area contributed by atoms with Gasteiger partial charge in [0.1, 0.15) is 5.69 Å². The van der Waals surface area contributed by atoms with E-state index in [9.17, 15) is 18.4 Å². The van der Waals surface area contributed by atoms with Gasteiger partial charge in [0, 0.05) is 23.0 Å². The van der Waals surface area contributed by atoms with Crippen LogP contribution in [0.15, 0.2) is 18.2 Å². The van der Waals surface area contributed by atoms with Gasteiger partial charge in [-0.25, -0.2) is 8.78 Å². The first-order valence-corrected chi connectivity index (χ1v) is 6.27. The highest BCUT2D eigenvalue weighted by molar-refractivity contribution is 6.07. The number of aromatic nitrogens is 1. The van der Waals surface area contributed by atoms with E-state index in [0.29, 0.717) is 16.8 Å². The number of H-pyrrole nitrogens is 1. The first kappa shape index (κ1) is 14.9. The Bertz CT molecular complexity index is 736. The second-order valence-electron chi connectivity index (χ2n) is 4.76. The van der Waals surface area contributed by atoms with Gasteiger partial charge in [0.05, 0.1) is 0 Å². The average molecular weight is 292 g/mol. The lowest BCUT2D eigenvalue weighted by Gasteiger charge is -2.05. The number of carbonyl (C=O) groups excluding carboxylic acids is 2. The summed E-state index contributed by atoms with van der Waals surface area (Å²) in [5.41, 5.74) is 1.94. The van der Waals surface area contributed by atoms with E-state index in [4.69, 9.17) is 0 Å². The van der Waals surface area contributed by atoms with Crippen molar-refractivity contribution in [1.82, 2.24) is 4.98 Å². The summed E-state index contributed by atoms with van der Waals surface area (Å²) in [6, 6.07) is 3.08. The molecule has 0 saturated heterocycles. The van der Waals surface area contributed by atoms with Crippen molar-refractivity contribution in [3.05, 3.63) is 52.3 Å². The molecule has 2 aromatic rings. The summed E-state index contributed by atoms with van der Waals surface area (Å²) < 4.78 is 25.9. The third-order valence-corrected chi connectivity index (χ3v) is 3.19. The minimum absolute atomic E-state index is 0.134. The Kier molecular flexibility index (Phi) is 3.88. The van der Waals surface area contributed by atoms with Gasteiger partial charge in [0.2, 0.25) is 0 Å². The highest BCUT2D eigenvalue weighted by atomic mass is 19.2. The highest BCUT2D eigenvalue weighted by Crippen LogP contribution is 2.20. The van der Waals surface area contributed by atoms with Crippen LogP contribution in [0.3, 0.4) is 0 Å². The van der Waals surface area contributed by atoms with Gasteiger partial charge in [0.25, 0.3) is 5.91 Å². The Morgan fingerprint density at radius 3 is 2.33 bits per heavy atom. The monoisotopic (exact) mass is 292 g/mol. The third kappa shape index (κ3) is 2.84. The Hall–Kier alpha value is -2.50. The van der Waals surface area contributed by atoms with Crippen molar-refractivity contribution >= 4 is 17.4 Å². The lowest BCUT2D eigenvalue weighted by molar-refractivity contribution is 0.101. The number of nitrogens with one attached hydrogen (secondary N) is 2. The van der Waals surface area contributed by atoms with E-state index in [-0.39, 0.29) is 17.2 Å². The summed E-state index contributed by atoms with van der Waals surface area (Å²) in [6.07, 6.45) is 0. The van der Waals surface area contributed by atoms with E-state index >= 15 is 0 Å². The van der Waals surface area contributed by atoms with E-state index in [1.807, 2.05) is 0 Å². The van der Waals surface area contributed by atoms with Crippen molar-refractivity contribution in [2.45, 2.75) is 20.8 Å². The Morgan fingerprint density at radius 1 is 1.14 bits per heavy atom. The number of hydrogen-bond donors (Lipinski definition) is 2. The molecule has 6 heteroatoms. The number of hydrogen-bond acceptors (Lipinski definition) is 2. The maximum absolute atomic E-state index is 13.1. The normalized spacial score (nSPS) is 10.5. The summed E-state index contributed by atoms with van der Waals surface area (Å²) in [6.45, 7) is 4.76. The Balaban J connectivity index is 2.31. The van der Waals surface area contributed by atoms with Gasteiger partial charge in [-0.15, -0.1) is 0 Å². The predicted molar refractivity (Wildman–Crippen MR) is 74.6 cm³/mol. The molecule has 0 spiro atoms. The molecule has 2 rings (SSSR count). The van der Waals surface area contributed by atoms with Crippen LogP contribution in [0.5, 0.6) is 0 Å². The summed E-state index contributed by atoms with van der Waals surface area (Å²) in [5.74, 6) is -2.70. The van der Waals surface area contributed by atoms with E-state index in [1.54, 1.807) is 13.8 Å². The van der Waals surface area contributed by atoms with Gasteiger partial charge in [-0.3, -0.25) is 9.59 Å². The number of aromatic amines is 1. The molecule has 1 amide bonds. The van der Waals surface area contributed by atoms with Gasteiger partial charge in [-0.2, -0.15) is 0 Å². The summed E-state index contributed by atoms with van der Waals surface area (Å²) >= 11 is 0. The molecule has 0 saturated carbocycles. The maximum Gasteiger partial charge on any atom is 0.272 e. The van der Waals surface area contributed by atoms with Gasteiger partial charge in [-0.05, 0) is 38.5 Å². The number of rotatable bonds is 3. The molecule has 1 heterocycles. The van der Waals surface area contributed by atoms with E-state index in [2.05, 4.69) is 10.3 Å². The molecular weight excluding hydrogens is 278 g/mol. The van der Waals surface area contributed by atoms with Crippen molar-refractivity contribution in [3.63, 3.8) is 0 Å². The number of anilines is 1. The van der Waals surface area contributed by atoms with Crippen molar-refractivity contribution < 1.29 is 18.4 Å². The smallest absolute Gasteiger partial charge is 0.272 e. The van der Waals surface area contributed by atoms with E-state index < -0.39 is 17.5 Å². The number of benzene rings is 1. The zero-order valence-electron chi connectivity index (χ0n) is 11.8. The molecule has 0 aliphatic heterocycles. The fourth-order valence-corrected chi connectivity index (χ4v) is 2.27. The third-order valence-electron chi connectivity index (χ3n) is 3.19. The second kappa shape index (κ2) is 5.47. The number of Topliss-reactive ketones (excluding diaryl/α,β-unsaturated/α-hetero) is 1. The molecule has 0 atom stereocenters. The van der Waals surface area contributed by atoms with Crippen LogP contribution in [0, 0.1) is 25.5 Å². The molecule has 2 N–H and O–H groups in total. The zero-order valence-corrected chi connectivity index (χ0v) is 11.8. The number of ketones is 1. The molecule has 0 fully saturated rings. The van der Waals surface area contributed by atoms with E-state index in [0.717, 1.165) is 12.1 Å². The van der Waals surface area contributed by atoms with E-state index in [1.165, 1.54) is 13.0 Å². The molecule has 4 nitrogen and oxygen atoms in total. The standard InChI is InChI=1S/C15H14F2N2O2/c1-7-13(9(3)20)8(2)18-14(7)15(21)19-10-4-5-11(16)12(17)6-10/h4-6,18H,1-3H3,(H,19,21). The molecule has 1 aromatic carbocycles. The van der Waals surface area contributed by atoms with Crippen molar-refractivity contribution in [2.24, 2.45) is 0 Å². The van der Waals surface area contributed by atoms with Crippen LogP contribution >= 0.6 is 0 Å². The van der Waals surface area contributed by atoms with Crippen LogP contribution in [0.25, 0.3) is 0 Å². The lowest BCUT2D eigenvalue weighted by atomic mass is 10.1. The first-order valence-electron chi connectivity index (χ1n) is 6.27. The minimum atomic E-state index is -1.04. The molecular formula is C15H14F2N2O2. The van der Waals surface area contributed by atoms with Crippen molar-refractivity contribution in [3.8, 4) is 0 Å². The number of halogens is 2. The highest BCUT2D eigenvalue weighted by Gasteiger charge is 2.20. The average Bonchev–Trinajstić information content (AvgIpc) is 2.69. The second-order valence-corrected chi connectivity index (χ2v) is 4.76. The van der Waals surface area contributed by atoms with Crippen LogP contribution in [0.4, 0.5) is 14.5 Å². The van der Waals surface area contributed by atoms with Crippen LogP contribution < -0.4 is 5.32 Å². The molecule has 21 heavy (non-hydrogen) atoms. The Labute approximate surface area is 120 Å². The lowest BCUT2D eigenvalue weighted by Crippen LogP contribution is -2.14. The number of amides is 1. The maximum atomic E-state index is 13.1. The van der Waals surface area contributed by atoms with Crippen molar-refractivity contribution in [2.75, 3.05) is 5.32 Å². The van der Waals surface area contributed by atoms with Crippen LogP contribution in [-0.2, 0) is 0 Å². The number of carbonyl (C=O) groups is 2. The summed E-state index contributed by atoms with van der Waals surface area (Å²) in [4.78, 5) is 26.5. The predicted octanol–water partition coefficient (Wildman–Crippen LogP) is 3.36. The van der Waals surface area contributed by atoms with Gasteiger partial charge in [0.15, 0.2) is 17.4 Å². The molecule has 0 unspecified atom stereocenters. The molecule has 1 aromatic heterocycles. The van der Waals surface area contributed by atoms with Crippen LogP contribution in [0.2, 0.25) is 0 Å². The topological polar surface area (TPSA) is 62.0 Å². The largest absolute Gasteiger partial charge is 0.354 e. The molecule has 110 valence electrons. The molecule has 0 aliphatic carbocycles. The first-order chi connectivity index (χ1) is 9.81. The van der Waals surface area contributed by atoms with Gasteiger partial charge >= 0.3 is 0 Å². The summed E-state index contributed by atoms with van der Waals surface area (Å²) in [5, 5.41) is 2.46. The zero-order chi connectivity index (χ0) is 15.7.